The lowest BCUT2D eigenvalue weighted by molar-refractivity contribution is 0.0993. The molecule has 0 spiro atoms. The number of rotatable bonds is 6. The quantitative estimate of drug-likeness (QED) is 0.714. The number of para-hydroxylation sites is 1. The van der Waals surface area contributed by atoms with Crippen LogP contribution in [0, 0.1) is 0 Å². The molecule has 0 saturated heterocycles. The van der Waals surface area contributed by atoms with Crippen LogP contribution >= 0.6 is 0 Å². The van der Waals surface area contributed by atoms with Crippen LogP contribution < -0.4 is 19.7 Å². The molecule has 1 N–H and O–H groups in total. The van der Waals surface area contributed by atoms with Gasteiger partial charge in [-0.3, -0.25) is 4.79 Å². The van der Waals surface area contributed by atoms with Crippen molar-refractivity contribution in [3.8, 4) is 11.5 Å². The molecule has 0 aliphatic carbocycles. The predicted octanol–water partition coefficient (Wildman–Crippen LogP) is 4.12. The van der Waals surface area contributed by atoms with Crippen molar-refractivity contribution in [2.24, 2.45) is 0 Å². The minimum absolute atomic E-state index is 0.121. The molecule has 1 heterocycles. The van der Waals surface area contributed by atoms with Crippen molar-refractivity contribution < 1.29 is 14.3 Å². The molecule has 0 bridgehead atoms. The maximum Gasteiger partial charge on any atom is 0.258 e. The van der Waals surface area contributed by atoms with Gasteiger partial charge >= 0.3 is 0 Å². The first kappa shape index (κ1) is 18.3. The third-order valence-corrected chi connectivity index (χ3v) is 4.12. The first-order valence-corrected chi connectivity index (χ1v) is 8.40. The summed E-state index contributed by atoms with van der Waals surface area (Å²) in [7, 11) is 4.94. The number of hydrogen-bond donors (Lipinski definition) is 1. The van der Waals surface area contributed by atoms with Crippen molar-refractivity contribution in [2.75, 3.05) is 31.5 Å². The van der Waals surface area contributed by atoms with Gasteiger partial charge in [-0.1, -0.05) is 18.2 Å². The smallest absolute Gasteiger partial charge is 0.258 e. The fourth-order valence-corrected chi connectivity index (χ4v) is 2.64. The molecule has 3 rings (SSSR count). The van der Waals surface area contributed by atoms with Crippen LogP contribution in [0.3, 0.4) is 0 Å². The van der Waals surface area contributed by atoms with Crippen LogP contribution in [0.5, 0.6) is 11.5 Å². The van der Waals surface area contributed by atoms with E-state index < -0.39 is 0 Å². The van der Waals surface area contributed by atoms with Crippen LogP contribution in [0.4, 0.5) is 17.2 Å². The zero-order valence-corrected chi connectivity index (χ0v) is 15.5. The summed E-state index contributed by atoms with van der Waals surface area (Å²) in [4.78, 5) is 18.7. The number of aromatic nitrogens is 1. The molecule has 1 aromatic heterocycles. The lowest BCUT2D eigenvalue weighted by Crippen LogP contribution is -2.26. The molecule has 6 nitrogen and oxygen atoms in total. The number of carbonyl (C=O) groups is 1. The summed E-state index contributed by atoms with van der Waals surface area (Å²) in [5, 5.41) is 3.19. The lowest BCUT2D eigenvalue weighted by atomic mass is 10.2. The van der Waals surface area contributed by atoms with E-state index in [2.05, 4.69) is 10.3 Å². The molecule has 0 fully saturated rings. The number of methoxy groups -OCH3 is 2. The van der Waals surface area contributed by atoms with Gasteiger partial charge in [-0.2, -0.15) is 0 Å². The fourth-order valence-electron chi connectivity index (χ4n) is 2.64. The first-order valence-electron chi connectivity index (χ1n) is 8.40. The molecule has 3 aromatic rings. The third kappa shape index (κ3) is 4.17. The molecule has 0 unspecified atom stereocenters. The number of anilines is 3. The molecular formula is C21H21N3O3. The predicted molar refractivity (Wildman–Crippen MR) is 106 cm³/mol. The average Bonchev–Trinajstić information content (AvgIpc) is 2.73. The minimum Gasteiger partial charge on any atom is -0.497 e. The maximum absolute atomic E-state index is 12.8. The van der Waals surface area contributed by atoms with E-state index in [9.17, 15) is 4.79 Å². The van der Waals surface area contributed by atoms with Gasteiger partial charge in [0.2, 0.25) is 0 Å². The fraction of sp³-hybridized carbons (Fsp3) is 0.143. The molecule has 138 valence electrons. The average molecular weight is 363 g/mol. The van der Waals surface area contributed by atoms with Crippen molar-refractivity contribution in [1.29, 1.82) is 0 Å². The van der Waals surface area contributed by atoms with Crippen LogP contribution in [0.2, 0.25) is 0 Å². The normalized spacial score (nSPS) is 10.2. The van der Waals surface area contributed by atoms with Gasteiger partial charge in [0.25, 0.3) is 5.91 Å². The number of ether oxygens (including phenoxy) is 2. The van der Waals surface area contributed by atoms with E-state index in [1.165, 1.54) is 0 Å². The summed E-state index contributed by atoms with van der Waals surface area (Å²) >= 11 is 0. The van der Waals surface area contributed by atoms with Crippen molar-refractivity contribution in [2.45, 2.75) is 0 Å². The van der Waals surface area contributed by atoms with Crippen LogP contribution in [-0.2, 0) is 0 Å². The molecular weight excluding hydrogens is 342 g/mol. The molecule has 0 atom stereocenters. The number of nitrogens with zero attached hydrogens (tertiary/aromatic N) is 2. The van der Waals surface area contributed by atoms with Crippen molar-refractivity contribution in [3.63, 3.8) is 0 Å². The molecule has 6 heteroatoms. The Hall–Kier alpha value is -3.54. The van der Waals surface area contributed by atoms with E-state index in [0.29, 0.717) is 28.6 Å². The molecule has 0 aliphatic heterocycles. The van der Waals surface area contributed by atoms with Gasteiger partial charge in [-0.05, 0) is 36.4 Å². The summed E-state index contributed by atoms with van der Waals surface area (Å²) in [6.45, 7) is 0. The molecule has 0 aliphatic rings. The van der Waals surface area contributed by atoms with Crippen LogP contribution in [0.1, 0.15) is 10.4 Å². The van der Waals surface area contributed by atoms with Crippen LogP contribution in [-0.4, -0.2) is 32.2 Å². The van der Waals surface area contributed by atoms with Gasteiger partial charge in [0, 0.05) is 30.6 Å². The summed E-state index contributed by atoms with van der Waals surface area (Å²) in [5.41, 5.74) is 2.05. The highest BCUT2D eigenvalue weighted by molar-refractivity contribution is 6.06. The number of pyridine rings is 1. The number of benzene rings is 2. The SMILES string of the molecule is COc1ccc(OC)c(Nc2cc(C(=O)N(C)c3ccccc3)ccn2)c1. The summed E-state index contributed by atoms with van der Waals surface area (Å²) in [6.07, 6.45) is 1.60. The topological polar surface area (TPSA) is 63.7 Å². The van der Waals surface area contributed by atoms with Crippen LogP contribution in [0.25, 0.3) is 0 Å². The number of nitrogens with one attached hydrogen (secondary N) is 1. The Kier molecular flexibility index (Phi) is 5.56. The summed E-state index contributed by atoms with van der Waals surface area (Å²) < 4.78 is 10.6. The van der Waals surface area contributed by atoms with E-state index in [-0.39, 0.29) is 5.91 Å². The van der Waals surface area contributed by atoms with Crippen molar-refractivity contribution >= 4 is 23.1 Å². The highest BCUT2D eigenvalue weighted by Crippen LogP contribution is 2.31. The van der Waals surface area contributed by atoms with Gasteiger partial charge in [-0.15, -0.1) is 0 Å². The zero-order valence-electron chi connectivity index (χ0n) is 15.5. The molecule has 0 saturated carbocycles. The minimum atomic E-state index is -0.121. The van der Waals surface area contributed by atoms with E-state index >= 15 is 0 Å². The van der Waals surface area contributed by atoms with Gasteiger partial charge < -0.3 is 19.7 Å². The standard InChI is InChI=1S/C21H21N3O3/c1-24(16-7-5-4-6-8-16)21(25)15-11-12-22-20(13-15)23-18-14-17(26-2)9-10-19(18)27-3/h4-14H,1-3H3,(H,22,23). The highest BCUT2D eigenvalue weighted by Gasteiger charge is 2.14. The Balaban J connectivity index is 1.85. The van der Waals surface area contributed by atoms with Gasteiger partial charge in [0.1, 0.15) is 17.3 Å². The Morgan fingerprint density at radius 1 is 1.00 bits per heavy atom. The number of amides is 1. The second-order valence-corrected chi connectivity index (χ2v) is 5.82. The Morgan fingerprint density at radius 2 is 1.78 bits per heavy atom. The van der Waals surface area contributed by atoms with Crippen molar-refractivity contribution in [1.82, 2.24) is 4.98 Å². The Bertz CT molecular complexity index is 929. The first-order chi connectivity index (χ1) is 13.1. The maximum atomic E-state index is 12.8. The number of hydrogen-bond acceptors (Lipinski definition) is 5. The van der Waals surface area contributed by atoms with Gasteiger partial charge in [-0.25, -0.2) is 4.98 Å². The zero-order chi connectivity index (χ0) is 19.2. The van der Waals surface area contributed by atoms with Gasteiger partial charge in [0.05, 0.1) is 19.9 Å². The third-order valence-electron chi connectivity index (χ3n) is 4.12. The highest BCUT2D eigenvalue weighted by atomic mass is 16.5. The van der Waals surface area contributed by atoms with Gasteiger partial charge in [0.15, 0.2) is 0 Å². The Morgan fingerprint density at radius 3 is 2.48 bits per heavy atom. The largest absolute Gasteiger partial charge is 0.497 e. The number of carbonyl (C=O) groups excluding carboxylic acids is 1. The van der Waals surface area contributed by atoms with Crippen LogP contribution in [0.15, 0.2) is 66.9 Å². The monoisotopic (exact) mass is 363 g/mol. The molecule has 27 heavy (non-hydrogen) atoms. The second-order valence-electron chi connectivity index (χ2n) is 5.82. The molecule has 2 aromatic carbocycles. The molecule has 0 radical (unpaired) electrons. The van der Waals surface area contributed by atoms with E-state index in [1.54, 1.807) is 50.6 Å². The Labute approximate surface area is 158 Å². The van der Waals surface area contributed by atoms with E-state index in [4.69, 9.17) is 9.47 Å². The van der Waals surface area contributed by atoms with Crippen molar-refractivity contribution in [3.05, 3.63) is 72.4 Å². The summed E-state index contributed by atoms with van der Waals surface area (Å²) in [5.74, 6) is 1.75. The second kappa shape index (κ2) is 8.23. The molecule has 1 amide bonds. The van der Waals surface area contributed by atoms with E-state index in [0.717, 1.165) is 5.69 Å². The van der Waals surface area contributed by atoms with E-state index in [1.807, 2.05) is 42.5 Å². The summed E-state index contributed by atoms with van der Waals surface area (Å²) in [6, 6.07) is 18.3. The lowest BCUT2D eigenvalue weighted by Gasteiger charge is -2.18.